The molecule has 0 saturated carbocycles. The lowest BCUT2D eigenvalue weighted by Crippen LogP contribution is -2.31. The first-order valence-electron chi connectivity index (χ1n) is 7.44. The summed E-state index contributed by atoms with van der Waals surface area (Å²) in [6.07, 6.45) is 0. The van der Waals surface area contributed by atoms with Gasteiger partial charge in [-0.2, -0.15) is 5.10 Å². The highest BCUT2D eigenvalue weighted by Gasteiger charge is 2.15. The third-order valence-corrected chi connectivity index (χ3v) is 4.18. The summed E-state index contributed by atoms with van der Waals surface area (Å²) in [6.45, 7) is 5.19. The lowest BCUT2D eigenvalue weighted by atomic mass is 10.2. The van der Waals surface area contributed by atoms with E-state index in [2.05, 4.69) is 15.7 Å². The number of aryl methyl sites for hydroxylation is 1. The molecule has 2 N–H and O–H groups in total. The highest BCUT2D eigenvalue weighted by molar-refractivity contribution is 7.80. The van der Waals surface area contributed by atoms with Crippen molar-refractivity contribution in [2.24, 2.45) is 0 Å². The lowest BCUT2D eigenvalue weighted by Gasteiger charge is -2.11. The fourth-order valence-corrected chi connectivity index (χ4v) is 2.72. The largest absolute Gasteiger partial charge is 0.383 e. The Bertz CT molecular complexity index is 715. The summed E-state index contributed by atoms with van der Waals surface area (Å²) in [5.74, 6) is -0.346. The quantitative estimate of drug-likeness (QED) is 0.603. The van der Waals surface area contributed by atoms with Crippen molar-refractivity contribution in [3.8, 4) is 0 Å². The third kappa shape index (κ3) is 4.43. The molecular weight excluding hydrogens is 351 g/mol. The van der Waals surface area contributed by atoms with Crippen molar-refractivity contribution in [3.05, 3.63) is 46.0 Å². The van der Waals surface area contributed by atoms with Gasteiger partial charge in [0.25, 0.3) is 0 Å². The van der Waals surface area contributed by atoms with E-state index >= 15 is 0 Å². The highest BCUT2D eigenvalue weighted by Crippen LogP contribution is 2.24. The number of nitrogens with zero attached hydrogens (tertiary/aromatic N) is 2. The minimum atomic E-state index is -0.346. The second-order valence-electron chi connectivity index (χ2n) is 5.28. The molecule has 130 valence electrons. The molecule has 1 heterocycles. The van der Waals surface area contributed by atoms with Crippen molar-refractivity contribution in [2.75, 3.05) is 25.6 Å². The van der Waals surface area contributed by atoms with Crippen molar-refractivity contribution in [1.82, 2.24) is 15.1 Å². The number of benzene rings is 1. The molecule has 0 spiro atoms. The Morgan fingerprint density at radius 1 is 1.42 bits per heavy atom. The van der Waals surface area contributed by atoms with Crippen molar-refractivity contribution in [1.29, 1.82) is 0 Å². The van der Waals surface area contributed by atoms with E-state index in [1.54, 1.807) is 23.9 Å². The van der Waals surface area contributed by atoms with Gasteiger partial charge in [0.1, 0.15) is 5.82 Å². The fourth-order valence-electron chi connectivity index (χ4n) is 2.29. The molecule has 5 nitrogen and oxygen atoms in total. The summed E-state index contributed by atoms with van der Waals surface area (Å²) in [4.78, 5) is 0. The average Bonchev–Trinajstić information content (AvgIpc) is 2.79. The summed E-state index contributed by atoms with van der Waals surface area (Å²) in [5, 5.41) is 11.5. The van der Waals surface area contributed by atoms with Crippen LogP contribution in [-0.4, -0.2) is 35.2 Å². The van der Waals surface area contributed by atoms with Crippen LogP contribution >= 0.6 is 23.8 Å². The number of hydrogen-bond acceptors (Lipinski definition) is 3. The maximum Gasteiger partial charge on any atom is 0.170 e. The number of aromatic nitrogens is 2. The predicted octanol–water partition coefficient (Wildman–Crippen LogP) is 3.27. The Kier molecular flexibility index (Phi) is 6.53. The summed E-state index contributed by atoms with van der Waals surface area (Å²) in [7, 11) is 1.63. The van der Waals surface area contributed by atoms with E-state index < -0.39 is 0 Å². The van der Waals surface area contributed by atoms with E-state index in [9.17, 15) is 4.39 Å². The van der Waals surface area contributed by atoms with E-state index in [0.29, 0.717) is 28.9 Å². The van der Waals surface area contributed by atoms with Crippen LogP contribution in [-0.2, 0) is 11.3 Å². The van der Waals surface area contributed by atoms with Gasteiger partial charge in [0.05, 0.1) is 30.2 Å². The van der Waals surface area contributed by atoms with Crippen LogP contribution in [0.1, 0.15) is 17.0 Å². The number of hydrogen-bond donors (Lipinski definition) is 2. The Hall–Kier alpha value is -1.70. The van der Waals surface area contributed by atoms with E-state index in [0.717, 1.165) is 17.1 Å². The predicted molar refractivity (Wildman–Crippen MR) is 98.3 cm³/mol. The standard InChI is InChI=1S/C16H20ClFN4OS/c1-10-15(20-16(24)19-7-8-23-3)11(2)22(21-10)9-12-13(17)5-4-6-14(12)18/h4-6H,7-9H2,1-3H3,(H2,19,20,24). The van der Waals surface area contributed by atoms with Gasteiger partial charge >= 0.3 is 0 Å². The Balaban J connectivity index is 2.15. The number of ether oxygens (including phenoxy) is 1. The van der Waals surface area contributed by atoms with Crippen molar-refractivity contribution < 1.29 is 9.13 Å². The maximum atomic E-state index is 14.0. The summed E-state index contributed by atoms with van der Waals surface area (Å²) < 4.78 is 20.7. The van der Waals surface area contributed by atoms with Gasteiger partial charge in [-0.25, -0.2) is 4.39 Å². The molecule has 0 fully saturated rings. The van der Waals surface area contributed by atoms with Gasteiger partial charge in [0.15, 0.2) is 5.11 Å². The molecule has 0 aliphatic heterocycles. The molecule has 0 radical (unpaired) electrons. The molecule has 1 aromatic heterocycles. The van der Waals surface area contributed by atoms with Gasteiger partial charge in [-0.15, -0.1) is 0 Å². The maximum absolute atomic E-state index is 14.0. The highest BCUT2D eigenvalue weighted by atomic mass is 35.5. The number of rotatable bonds is 6. The minimum Gasteiger partial charge on any atom is -0.383 e. The SMILES string of the molecule is COCCNC(=S)Nc1c(C)nn(Cc2c(F)cccc2Cl)c1C. The zero-order valence-electron chi connectivity index (χ0n) is 13.8. The molecule has 8 heteroatoms. The summed E-state index contributed by atoms with van der Waals surface area (Å²) in [5.41, 5.74) is 2.84. The first kappa shape index (κ1) is 18.6. The van der Waals surface area contributed by atoms with Crippen LogP contribution in [0.5, 0.6) is 0 Å². The van der Waals surface area contributed by atoms with Crippen LogP contribution < -0.4 is 10.6 Å². The van der Waals surface area contributed by atoms with E-state index in [-0.39, 0.29) is 12.4 Å². The molecule has 0 unspecified atom stereocenters. The van der Waals surface area contributed by atoms with Gasteiger partial charge in [-0.05, 0) is 38.2 Å². The van der Waals surface area contributed by atoms with Gasteiger partial charge in [0, 0.05) is 24.2 Å². The summed E-state index contributed by atoms with van der Waals surface area (Å²) in [6, 6.07) is 4.64. The molecule has 2 rings (SSSR count). The molecule has 2 aromatic rings. The van der Waals surface area contributed by atoms with Gasteiger partial charge in [-0.1, -0.05) is 17.7 Å². The molecule has 24 heavy (non-hydrogen) atoms. The van der Waals surface area contributed by atoms with Crippen LogP contribution in [0.4, 0.5) is 10.1 Å². The van der Waals surface area contributed by atoms with Crippen molar-refractivity contribution in [2.45, 2.75) is 20.4 Å². The second-order valence-corrected chi connectivity index (χ2v) is 6.09. The number of nitrogens with one attached hydrogen (secondary N) is 2. The van der Waals surface area contributed by atoms with Crippen LogP contribution in [0, 0.1) is 19.7 Å². The van der Waals surface area contributed by atoms with Gasteiger partial charge < -0.3 is 15.4 Å². The van der Waals surface area contributed by atoms with Crippen molar-refractivity contribution >= 4 is 34.6 Å². The minimum absolute atomic E-state index is 0.254. The van der Waals surface area contributed by atoms with E-state index in [1.165, 1.54) is 6.07 Å². The zero-order valence-corrected chi connectivity index (χ0v) is 15.4. The Labute approximate surface area is 151 Å². The van der Waals surface area contributed by atoms with Crippen LogP contribution in [0.3, 0.4) is 0 Å². The molecule has 0 aliphatic rings. The number of anilines is 1. The fraction of sp³-hybridized carbons (Fsp3) is 0.375. The Morgan fingerprint density at radius 3 is 2.83 bits per heavy atom. The topological polar surface area (TPSA) is 51.1 Å². The van der Waals surface area contributed by atoms with Crippen LogP contribution in [0.2, 0.25) is 5.02 Å². The Morgan fingerprint density at radius 2 is 2.17 bits per heavy atom. The number of thiocarbonyl (C=S) groups is 1. The normalized spacial score (nSPS) is 10.7. The van der Waals surface area contributed by atoms with Crippen LogP contribution in [0.25, 0.3) is 0 Å². The molecule has 0 amide bonds. The summed E-state index contributed by atoms with van der Waals surface area (Å²) >= 11 is 11.3. The molecule has 0 atom stereocenters. The molecule has 0 aliphatic carbocycles. The van der Waals surface area contributed by atoms with Crippen molar-refractivity contribution in [3.63, 3.8) is 0 Å². The first-order chi connectivity index (χ1) is 11.4. The molecule has 0 saturated heterocycles. The van der Waals surface area contributed by atoms with E-state index in [4.69, 9.17) is 28.6 Å². The third-order valence-electron chi connectivity index (χ3n) is 3.58. The van der Waals surface area contributed by atoms with E-state index in [1.807, 2.05) is 13.8 Å². The van der Waals surface area contributed by atoms with Gasteiger partial charge in [0.2, 0.25) is 0 Å². The number of methoxy groups -OCH3 is 1. The van der Waals surface area contributed by atoms with Gasteiger partial charge in [-0.3, -0.25) is 4.68 Å². The second kappa shape index (κ2) is 8.41. The monoisotopic (exact) mass is 370 g/mol. The molecular formula is C16H20ClFN4OS. The molecule has 0 bridgehead atoms. The lowest BCUT2D eigenvalue weighted by molar-refractivity contribution is 0.204. The molecule has 1 aromatic carbocycles. The zero-order chi connectivity index (χ0) is 17.7. The average molecular weight is 371 g/mol. The smallest absolute Gasteiger partial charge is 0.170 e. The first-order valence-corrected chi connectivity index (χ1v) is 8.23. The van der Waals surface area contributed by atoms with Crippen LogP contribution in [0.15, 0.2) is 18.2 Å². The number of halogens is 2.